The number of nitrogens with two attached hydrogens (primary N) is 1. The molecule has 11 heteroatoms. The zero-order valence-corrected chi connectivity index (χ0v) is 15.8. The molecule has 3 N–H and O–H groups in total. The van der Waals surface area contributed by atoms with E-state index in [0.29, 0.717) is 24.4 Å². The van der Waals surface area contributed by atoms with Gasteiger partial charge in [0.25, 0.3) is 0 Å². The van der Waals surface area contributed by atoms with Gasteiger partial charge in [-0.25, -0.2) is 9.78 Å². The van der Waals surface area contributed by atoms with E-state index >= 15 is 0 Å². The first-order valence-corrected chi connectivity index (χ1v) is 8.89. The summed E-state index contributed by atoms with van der Waals surface area (Å²) in [6, 6.07) is 3.46. The molecule has 1 fully saturated rings. The number of hydrogen-bond acceptors (Lipinski definition) is 7. The van der Waals surface area contributed by atoms with E-state index in [1.165, 1.54) is 6.20 Å². The van der Waals surface area contributed by atoms with Crippen LogP contribution >= 0.6 is 0 Å². The number of hydrogen-bond donors (Lipinski definition) is 2. The first kappa shape index (κ1) is 22.5. The number of allylic oxidation sites excluding steroid dienone is 1. The van der Waals surface area contributed by atoms with Gasteiger partial charge in [0.1, 0.15) is 6.10 Å². The topological polar surface area (TPSA) is 110 Å². The smallest absolute Gasteiger partial charge is 0.427 e. The summed E-state index contributed by atoms with van der Waals surface area (Å²) in [6.07, 6.45) is -3.35. The van der Waals surface area contributed by atoms with Crippen LogP contribution in [0.1, 0.15) is 18.4 Å². The standard InChI is InChI=1S/C18H23F3N4O4/c1-23-14(2-6-22)12-3-7-24-16(10-12)28-13-4-8-25(9-5-13)17(27)29-15(11-26)18(19,20)21/h2-3,6-7,10,13,15,26H,4-5,8-9,11,22H2,1H3/t15-/m1/s1. The van der Waals surface area contributed by atoms with E-state index in [-0.39, 0.29) is 19.2 Å². The first-order valence-electron chi connectivity index (χ1n) is 8.89. The van der Waals surface area contributed by atoms with Crippen LogP contribution in [0.5, 0.6) is 5.88 Å². The predicted molar refractivity (Wildman–Crippen MR) is 98.7 cm³/mol. The maximum atomic E-state index is 12.6. The van der Waals surface area contributed by atoms with Gasteiger partial charge in [-0.2, -0.15) is 13.2 Å². The molecular weight excluding hydrogens is 393 g/mol. The maximum absolute atomic E-state index is 12.6. The number of piperidine rings is 1. The SMILES string of the molecule is CN=C(C=CN)c1ccnc(OC2CCN(C(=O)O[C@H](CO)C(F)(F)F)CC2)c1. The molecule has 0 bridgehead atoms. The van der Waals surface area contributed by atoms with E-state index in [1.807, 2.05) is 0 Å². The minimum Gasteiger partial charge on any atom is -0.474 e. The molecule has 0 aromatic carbocycles. The van der Waals surface area contributed by atoms with E-state index in [4.69, 9.17) is 15.6 Å². The molecule has 0 aliphatic carbocycles. The van der Waals surface area contributed by atoms with E-state index in [1.54, 1.807) is 31.5 Å². The van der Waals surface area contributed by atoms with Crippen LogP contribution in [0.2, 0.25) is 0 Å². The molecule has 0 unspecified atom stereocenters. The number of carbonyl (C=O) groups is 1. The molecule has 0 saturated carbocycles. The summed E-state index contributed by atoms with van der Waals surface area (Å²) in [5, 5.41) is 8.77. The minimum absolute atomic E-state index is 0.163. The zero-order chi connectivity index (χ0) is 21.4. The molecule has 2 heterocycles. The molecule has 1 aliphatic heterocycles. The third kappa shape index (κ3) is 6.34. The summed E-state index contributed by atoms with van der Waals surface area (Å²) in [7, 11) is 1.63. The summed E-state index contributed by atoms with van der Waals surface area (Å²) in [4.78, 5) is 21.3. The van der Waals surface area contributed by atoms with E-state index in [9.17, 15) is 18.0 Å². The largest absolute Gasteiger partial charge is 0.474 e. The van der Waals surface area contributed by atoms with Gasteiger partial charge >= 0.3 is 12.3 Å². The highest BCUT2D eigenvalue weighted by atomic mass is 19.4. The van der Waals surface area contributed by atoms with E-state index in [0.717, 1.165) is 10.5 Å². The Bertz CT molecular complexity index is 747. The van der Waals surface area contributed by atoms with Crippen molar-refractivity contribution in [1.29, 1.82) is 0 Å². The molecule has 1 aliphatic rings. The zero-order valence-electron chi connectivity index (χ0n) is 15.8. The minimum atomic E-state index is -4.82. The number of aliphatic imine (C=N–C) groups is 1. The Hall–Kier alpha value is -2.82. The Labute approximate surface area is 165 Å². The number of nitrogens with zero attached hydrogens (tertiary/aromatic N) is 3. The Morgan fingerprint density at radius 3 is 2.72 bits per heavy atom. The van der Waals surface area contributed by atoms with Crippen molar-refractivity contribution in [3.05, 3.63) is 36.2 Å². The lowest BCUT2D eigenvalue weighted by atomic mass is 10.1. The Kier molecular flexibility index (Phi) is 7.82. The highest BCUT2D eigenvalue weighted by Gasteiger charge is 2.43. The predicted octanol–water partition coefficient (Wildman–Crippen LogP) is 1.88. The van der Waals surface area contributed by atoms with Crippen molar-refractivity contribution in [3.63, 3.8) is 0 Å². The molecule has 1 aromatic heterocycles. The van der Waals surface area contributed by atoms with Crippen LogP contribution in [0.15, 0.2) is 35.6 Å². The van der Waals surface area contributed by atoms with Crippen molar-refractivity contribution in [1.82, 2.24) is 9.88 Å². The highest BCUT2D eigenvalue weighted by molar-refractivity contribution is 6.08. The molecule has 2 rings (SSSR count). The third-order valence-electron chi connectivity index (χ3n) is 4.29. The molecule has 8 nitrogen and oxygen atoms in total. The van der Waals surface area contributed by atoms with Crippen LogP contribution in [-0.2, 0) is 4.74 Å². The Morgan fingerprint density at radius 2 is 2.17 bits per heavy atom. The molecule has 1 atom stereocenters. The Balaban J connectivity index is 1.91. The number of aliphatic hydroxyl groups excluding tert-OH is 1. The van der Waals surface area contributed by atoms with Crippen molar-refractivity contribution in [2.45, 2.75) is 31.2 Å². The number of amides is 1. The van der Waals surface area contributed by atoms with Crippen LogP contribution in [0.3, 0.4) is 0 Å². The van der Waals surface area contributed by atoms with Gasteiger partial charge in [-0.3, -0.25) is 4.99 Å². The van der Waals surface area contributed by atoms with Gasteiger partial charge in [0.15, 0.2) is 0 Å². The highest BCUT2D eigenvalue weighted by Crippen LogP contribution is 2.24. The number of halogens is 3. The first-order chi connectivity index (χ1) is 13.8. The number of aliphatic hydroxyl groups is 1. The maximum Gasteiger partial charge on any atom is 0.427 e. The molecular formula is C18H23F3N4O4. The fourth-order valence-electron chi connectivity index (χ4n) is 2.76. The van der Waals surface area contributed by atoms with E-state index < -0.39 is 25.0 Å². The van der Waals surface area contributed by atoms with Gasteiger partial charge in [0, 0.05) is 50.8 Å². The van der Waals surface area contributed by atoms with Crippen LogP contribution < -0.4 is 10.5 Å². The summed E-state index contributed by atoms with van der Waals surface area (Å²) < 4.78 is 48.0. The van der Waals surface area contributed by atoms with Crippen molar-refractivity contribution < 1.29 is 32.5 Å². The summed E-state index contributed by atoms with van der Waals surface area (Å²) in [5.41, 5.74) is 6.82. The summed E-state index contributed by atoms with van der Waals surface area (Å²) >= 11 is 0. The number of pyridine rings is 1. The molecule has 160 valence electrons. The fourth-order valence-corrected chi connectivity index (χ4v) is 2.76. The van der Waals surface area contributed by atoms with Gasteiger partial charge in [0.2, 0.25) is 12.0 Å². The van der Waals surface area contributed by atoms with Crippen molar-refractivity contribution >= 4 is 11.8 Å². The number of carbonyl (C=O) groups excluding carboxylic acids is 1. The second-order valence-electron chi connectivity index (χ2n) is 6.25. The second kappa shape index (κ2) is 10.1. The fraction of sp³-hybridized carbons (Fsp3) is 0.500. The van der Waals surface area contributed by atoms with Gasteiger partial charge in [0.05, 0.1) is 12.3 Å². The molecule has 0 radical (unpaired) electrons. The number of aromatic nitrogens is 1. The number of rotatable bonds is 6. The van der Waals surface area contributed by atoms with Crippen LogP contribution in [0.25, 0.3) is 0 Å². The second-order valence-corrected chi connectivity index (χ2v) is 6.25. The molecule has 1 aromatic rings. The lowest BCUT2D eigenvalue weighted by Gasteiger charge is -2.32. The van der Waals surface area contributed by atoms with Crippen molar-refractivity contribution in [2.24, 2.45) is 10.7 Å². The summed E-state index contributed by atoms with van der Waals surface area (Å²) in [6.45, 7) is -0.993. The Morgan fingerprint density at radius 1 is 1.48 bits per heavy atom. The van der Waals surface area contributed by atoms with Crippen molar-refractivity contribution in [2.75, 3.05) is 26.7 Å². The van der Waals surface area contributed by atoms with Crippen LogP contribution in [0.4, 0.5) is 18.0 Å². The third-order valence-corrected chi connectivity index (χ3v) is 4.29. The lowest BCUT2D eigenvalue weighted by molar-refractivity contribution is -0.214. The van der Waals surface area contributed by atoms with Gasteiger partial charge in [-0.05, 0) is 18.3 Å². The monoisotopic (exact) mass is 416 g/mol. The van der Waals surface area contributed by atoms with Crippen molar-refractivity contribution in [3.8, 4) is 5.88 Å². The molecule has 1 amide bonds. The average molecular weight is 416 g/mol. The normalized spacial score (nSPS) is 17.4. The number of alkyl halides is 3. The molecule has 0 spiro atoms. The van der Waals surface area contributed by atoms with Gasteiger partial charge in [-0.1, -0.05) is 0 Å². The molecule has 1 saturated heterocycles. The van der Waals surface area contributed by atoms with E-state index in [2.05, 4.69) is 14.7 Å². The molecule has 29 heavy (non-hydrogen) atoms. The average Bonchev–Trinajstić information content (AvgIpc) is 2.70. The lowest BCUT2D eigenvalue weighted by Crippen LogP contribution is -2.46. The van der Waals surface area contributed by atoms with Gasteiger partial charge in [-0.15, -0.1) is 0 Å². The van der Waals surface area contributed by atoms with Crippen LogP contribution in [-0.4, -0.2) is 71.9 Å². The number of likely N-dealkylation sites (tertiary alicyclic amines) is 1. The number of ether oxygens (including phenoxy) is 2. The quantitative estimate of drug-likeness (QED) is 0.685. The summed E-state index contributed by atoms with van der Waals surface area (Å²) in [5.74, 6) is 0.368. The van der Waals surface area contributed by atoms with Gasteiger partial charge < -0.3 is 25.2 Å². The van der Waals surface area contributed by atoms with Crippen LogP contribution in [0, 0.1) is 0 Å².